The molecule has 0 heterocycles. The maximum absolute atomic E-state index is 9.83. The highest BCUT2D eigenvalue weighted by Gasteiger charge is 2.18. The average Bonchev–Trinajstić information content (AvgIpc) is 3.70. The largest absolute Gasteiger partial charge is 0.508 e. The zero-order valence-corrected chi connectivity index (χ0v) is 25.1. The minimum atomic E-state index is 0. The number of hydrogen-bond acceptors (Lipinski definition) is 3. The Kier molecular flexibility index (Phi) is 19.4. The van der Waals surface area contributed by atoms with Crippen molar-refractivity contribution < 1.29 is 15.3 Å². The molecule has 1 aliphatic rings. The van der Waals surface area contributed by atoms with E-state index in [1.807, 2.05) is 32.1 Å². The molecule has 0 aromatic heterocycles. The van der Waals surface area contributed by atoms with Crippen molar-refractivity contribution in [2.75, 3.05) is 13.7 Å². The number of aryl methyl sites for hydroxylation is 2. The molecule has 37 heavy (non-hydrogen) atoms. The first kappa shape index (κ1) is 36.6. The summed E-state index contributed by atoms with van der Waals surface area (Å²) >= 11 is 0. The number of allylic oxidation sites excluding steroid dienone is 9. The topological polar surface area (TPSA) is 60.7 Å². The lowest BCUT2D eigenvalue weighted by Gasteiger charge is -2.19. The van der Waals surface area contributed by atoms with Gasteiger partial charge in [-0.15, -0.1) is 0 Å². The molecule has 1 atom stereocenters. The van der Waals surface area contributed by atoms with E-state index in [-0.39, 0.29) is 19.3 Å². The molecule has 1 unspecified atom stereocenters. The van der Waals surface area contributed by atoms with E-state index in [0.717, 1.165) is 30.2 Å². The molecule has 0 amide bonds. The minimum absolute atomic E-state index is 0. The van der Waals surface area contributed by atoms with Crippen LogP contribution in [0.5, 0.6) is 0 Å². The van der Waals surface area contributed by atoms with E-state index < -0.39 is 0 Å². The molecule has 0 bridgehead atoms. The molecule has 0 radical (unpaired) electrons. The summed E-state index contributed by atoms with van der Waals surface area (Å²) in [5.41, 5.74) is 8.70. The minimum Gasteiger partial charge on any atom is -0.508 e. The fourth-order valence-corrected chi connectivity index (χ4v) is 3.57. The van der Waals surface area contributed by atoms with Gasteiger partial charge in [-0.05, 0) is 105 Å². The second kappa shape index (κ2) is 19.6. The fourth-order valence-electron chi connectivity index (χ4n) is 3.57. The summed E-state index contributed by atoms with van der Waals surface area (Å²) in [5, 5.41) is 25.0. The molecule has 206 valence electrons. The Balaban J connectivity index is 0. The molecule has 1 saturated carbocycles. The predicted molar refractivity (Wildman–Crippen MR) is 169 cm³/mol. The molecule has 0 saturated heterocycles. The third-order valence-corrected chi connectivity index (χ3v) is 6.34. The van der Waals surface area contributed by atoms with Crippen LogP contribution in [0, 0.1) is 25.7 Å². The summed E-state index contributed by atoms with van der Waals surface area (Å²) < 4.78 is 0. The summed E-state index contributed by atoms with van der Waals surface area (Å²) in [4.78, 5) is 0. The van der Waals surface area contributed by atoms with Crippen LogP contribution in [-0.2, 0) is 6.42 Å². The highest BCUT2D eigenvalue weighted by molar-refractivity contribution is 7.59. The maximum atomic E-state index is 9.83. The van der Waals surface area contributed by atoms with Gasteiger partial charge in [-0.1, -0.05) is 74.7 Å². The van der Waals surface area contributed by atoms with Crippen molar-refractivity contribution in [1.29, 1.82) is 0 Å². The second-order valence-electron chi connectivity index (χ2n) is 9.24. The third-order valence-electron chi connectivity index (χ3n) is 6.34. The number of benzene rings is 1. The summed E-state index contributed by atoms with van der Waals surface area (Å²) in [6.45, 7) is 24.8. The summed E-state index contributed by atoms with van der Waals surface area (Å²) in [6, 6.07) is 4.51. The molecule has 0 aliphatic heterocycles. The average molecular weight is 527 g/mol. The number of aliphatic hydroxyl groups is 3. The Labute approximate surface area is 233 Å². The van der Waals surface area contributed by atoms with Crippen molar-refractivity contribution in [2.45, 2.75) is 60.8 Å². The van der Waals surface area contributed by atoms with Gasteiger partial charge in [0.25, 0.3) is 0 Å². The van der Waals surface area contributed by atoms with Crippen molar-refractivity contribution in [3.8, 4) is 0 Å². The molecule has 1 aromatic rings. The van der Waals surface area contributed by atoms with E-state index in [4.69, 9.17) is 10.2 Å². The zero-order valence-electron chi connectivity index (χ0n) is 24.1. The first-order valence-electron chi connectivity index (χ1n) is 12.6. The van der Waals surface area contributed by atoms with Gasteiger partial charge in [-0.3, -0.25) is 0 Å². The second-order valence-corrected chi connectivity index (χ2v) is 9.24. The van der Waals surface area contributed by atoms with Crippen LogP contribution >= 0.6 is 13.5 Å². The van der Waals surface area contributed by atoms with E-state index in [0.29, 0.717) is 24.0 Å². The van der Waals surface area contributed by atoms with Crippen LogP contribution in [0.2, 0.25) is 0 Å². The van der Waals surface area contributed by atoms with Crippen molar-refractivity contribution in [3.63, 3.8) is 0 Å². The predicted octanol–water partition coefficient (Wildman–Crippen LogP) is 8.26. The summed E-state index contributed by atoms with van der Waals surface area (Å²) in [6.07, 6.45) is 15.4. The third kappa shape index (κ3) is 13.0. The van der Waals surface area contributed by atoms with Crippen LogP contribution in [0.1, 0.15) is 62.8 Å². The van der Waals surface area contributed by atoms with Gasteiger partial charge in [0.05, 0.1) is 0 Å². The molecule has 2 rings (SSSR count). The molecule has 1 fully saturated rings. The van der Waals surface area contributed by atoms with E-state index in [1.54, 1.807) is 0 Å². The lowest BCUT2D eigenvalue weighted by molar-refractivity contribution is 0.277. The van der Waals surface area contributed by atoms with Gasteiger partial charge in [0.2, 0.25) is 0 Å². The quantitative estimate of drug-likeness (QED) is 0.212. The molecular formula is C33H50O3S. The first-order valence-corrected chi connectivity index (χ1v) is 12.6. The molecule has 4 heteroatoms. The van der Waals surface area contributed by atoms with Gasteiger partial charge < -0.3 is 15.3 Å². The lowest BCUT2D eigenvalue weighted by Crippen LogP contribution is -2.05. The van der Waals surface area contributed by atoms with Crippen LogP contribution in [-0.4, -0.2) is 29.0 Å². The van der Waals surface area contributed by atoms with Crippen LogP contribution in [0.4, 0.5) is 0 Å². The molecule has 3 nitrogen and oxygen atoms in total. The zero-order chi connectivity index (χ0) is 27.8. The Morgan fingerprint density at radius 1 is 1.11 bits per heavy atom. The van der Waals surface area contributed by atoms with E-state index in [9.17, 15) is 5.11 Å². The monoisotopic (exact) mass is 526 g/mol. The van der Waals surface area contributed by atoms with Crippen molar-refractivity contribution in [3.05, 3.63) is 113 Å². The van der Waals surface area contributed by atoms with Crippen molar-refractivity contribution >= 4 is 19.1 Å². The lowest BCUT2D eigenvalue weighted by atomic mass is 9.86. The highest BCUT2D eigenvalue weighted by Crippen LogP contribution is 2.30. The Morgan fingerprint density at radius 2 is 1.68 bits per heavy atom. The Morgan fingerprint density at radius 3 is 2.08 bits per heavy atom. The van der Waals surface area contributed by atoms with Crippen LogP contribution in [0.15, 0.2) is 90.8 Å². The molecule has 3 N–H and O–H groups in total. The molecule has 1 aliphatic carbocycles. The van der Waals surface area contributed by atoms with Gasteiger partial charge >= 0.3 is 0 Å². The first-order chi connectivity index (χ1) is 17.1. The van der Waals surface area contributed by atoms with Crippen molar-refractivity contribution in [1.82, 2.24) is 0 Å². The highest BCUT2D eigenvalue weighted by atomic mass is 32.1. The Hall–Kier alpha value is -2.53. The Bertz CT molecular complexity index is 1000. The van der Waals surface area contributed by atoms with Gasteiger partial charge in [-0.2, -0.15) is 13.5 Å². The van der Waals surface area contributed by atoms with Gasteiger partial charge in [0.1, 0.15) is 5.76 Å². The summed E-state index contributed by atoms with van der Waals surface area (Å²) in [5.74, 6) is 1.13. The summed E-state index contributed by atoms with van der Waals surface area (Å²) in [7, 11) is 1.00. The van der Waals surface area contributed by atoms with Crippen LogP contribution in [0.25, 0.3) is 5.57 Å². The van der Waals surface area contributed by atoms with Gasteiger partial charge in [0, 0.05) is 19.3 Å². The normalized spacial score (nSPS) is 14.5. The molecular weight excluding hydrogens is 476 g/mol. The van der Waals surface area contributed by atoms with E-state index >= 15 is 0 Å². The van der Waals surface area contributed by atoms with Gasteiger partial charge in [-0.25, -0.2) is 0 Å². The SMILES string of the molecule is C=C/C(=C\C(=C)/C(=C\C)C(=C)O)c1cc(C)c(C)cc1CC(C)/C(C)=C/C=C\C.CO.OCC1CC1.S. The maximum Gasteiger partial charge on any atom is 0.115 e. The van der Waals surface area contributed by atoms with E-state index in [2.05, 4.69) is 77.8 Å². The van der Waals surface area contributed by atoms with Crippen LogP contribution < -0.4 is 0 Å². The fraction of sp³-hybridized carbons (Fsp3) is 0.394. The van der Waals surface area contributed by atoms with Crippen molar-refractivity contribution in [2.24, 2.45) is 11.8 Å². The van der Waals surface area contributed by atoms with Crippen LogP contribution in [0.3, 0.4) is 0 Å². The van der Waals surface area contributed by atoms with E-state index in [1.165, 1.54) is 35.1 Å². The molecule has 0 spiro atoms. The molecule has 1 aromatic carbocycles. The van der Waals surface area contributed by atoms with Gasteiger partial charge in [0.15, 0.2) is 0 Å². The smallest absolute Gasteiger partial charge is 0.115 e. The number of hydrogen-bond donors (Lipinski definition) is 3. The standard InChI is InChI=1S/C28H36O.C4H8O.CH4O.H2S/c1-10-13-14-19(4)20(5)15-26-16-21(6)22(7)18-28(26)25(11-2)17-23(8)27(12-3)24(9)29;5-3-4-1-2-4;1-2;/h10-14,16-18,20,29H,2,8-9,15H2,1,3-7H3;4-5H,1-3H2;2H,1H3;1H2/b13-10-,19-14+,25-17+,27-12+;;;. The number of aliphatic hydroxyl groups excluding tert-OH is 3. The number of rotatable bonds is 10.